The van der Waals surface area contributed by atoms with Gasteiger partial charge in [0.25, 0.3) is 5.91 Å². The van der Waals surface area contributed by atoms with Crippen LogP contribution in [0.3, 0.4) is 0 Å². The van der Waals surface area contributed by atoms with E-state index in [0.29, 0.717) is 30.1 Å². The van der Waals surface area contributed by atoms with E-state index in [1.807, 2.05) is 43.0 Å². The Morgan fingerprint density at radius 2 is 1.93 bits per heavy atom. The third-order valence-corrected chi connectivity index (χ3v) is 7.48. The summed E-state index contributed by atoms with van der Waals surface area (Å²) in [5, 5.41) is 3.28. The number of likely N-dealkylation sites (N-methyl/N-ethyl adjacent to an activating group) is 1. The summed E-state index contributed by atoms with van der Waals surface area (Å²) in [4.78, 5) is 43.1. The molecule has 0 saturated carbocycles. The molecule has 1 unspecified atom stereocenters. The topological polar surface area (TPSA) is 69.7 Å². The van der Waals surface area contributed by atoms with Crippen LogP contribution >= 0.6 is 23.1 Å². The number of carbonyl (C=O) groups excluding carboxylic acids is 3. The number of nitrogens with zero attached hydrogens (tertiary/aromatic N) is 2. The van der Waals surface area contributed by atoms with Gasteiger partial charge in [0.05, 0.1) is 23.9 Å². The zero-order chi connectivity index (χ0) is 20.7. The number of hydrogen-bond donors (Lipinski definition) is 1. The van der Waals surface area contributed by atoms with Crippen molar-refractivity contribution in [2.45, 2.75) is 37.0 Å². The molecule has 1 N–H and O–H groups in total. The molecule has 152 valence electrons. The summed E-state index contributed by atoms with van der Waals surface area (Å²) in [6, 6.07) is 8.18. The number of benzene rings is 1. The maximum absolute atomic E-state index is 13.0. The number of amides is 3. The smallest absolute Gasteiger partial charge is 0.257 e. The molecule has 0 fully saturated rings. The minimum Gasteiger partial charge on any atom is -0.336 e. The molecule has 2 aliphatic heterocycles. The van der Waals surface area contributed by atoms with Crippen LogP contribution in [0.5, 0.6) is 0 Å². The average Bonchev–Trinajstić information content (AvgIpc) is 3.00. The number of carbonyl (C=O) groups is 3. The third kappa shape index (κ3) is 3.91. The van der Waals surface area contributed by atoms with Gasteiger partial charge >= 0.3 is 0 Å². The van der Waals surface area contributed by atoms with E-state index in [2.05, 4.69) is 5.32 Å². The highest BCUT2D eigenvalue weighted by atomic mass is 32.2. The molecule has 4 rings (SSSR count). The normalized spacial score (nSPS) is 17.3. The summed E-state index contributed by atoms with van der Waals surface area (Å²) in [5.41, 5.74) is 2.78. The van der Waals surface area contributed by atoms with Crippen molar-refractivity contribution in [1.29, 1.82) is 0 Å². The summed E-state index contributed by atoms with van der Waals surface area (Å²) >= 11 is 2.98. The SMILES string of the molecule is Cc1ccc(SC(C)C(=O)N2CCc3c(sc4c3C(=O)N(C)CC(=O)N4)C2)cc1. The number of thioether (sulfide) groups is 1. The second-order valence-electron chi connectivity index (χ2n) is 7.50. The molecule has 2 aromatic rings. The van der Waals surface area contributed by atoms with Crippen LogP contribution in [0.25, 0.3) is 0 Å². The monoisotopic (exact) mass is 429 g/mol. The van der Waals surface area contributed by atoms with Gasteiger partial charge in [0.2, 0.25) is 11.8 Å². The molecule has 3 heterocycles. The first-order valence-corrected chi connectivity index (χ1v) is 11.2. The molecule has 3 amide bonds. The van der Waals surface area contributed by atoms with Crippen molar-refractivity contribution >= 4 is 45.8 Å². The van der Waals surface area contributed by atoms with Crippen LogP contribution in [-0.4, -0.2) is 52.9 Å². The predicted octanol–water partition coefficient (Wildman–Crippen LogP) is 3.15. The summed E-state index contributed by atoms with van der Waals surface area (Å²) in [6.45, 7) is 5.11. The fourth-order valence-electron chi connectivity index (χ4n) is 3.68. The Morgan fingerprint density at radius 1 is 1.21 bits per heavy atom. The van der Waals surface area contributed by atoms with E-state index in [0.717, 1.165) is 15.3 Å². The molecule has 0 spiro atoms. The molecule has 0 bridgehead atoms. The fourth-order valence-corrected chi connectivity index (χ4v) is 5.90. The molecule has 0 saturated heterocycles. The van der Waals surface area contributed by atoms with Crippen molar-refractivity contribution in [3.63, 3.8) is 0 Å². The molecule has 1 atom stereocenters. The van der Waals surface area contributed by atoms with E-state index in [4.69, 9.17) is 0 Å². The summed E-state index contributed by atoms with van der Waals surface area (Å²) < 4.78 is 0. The van der Waals surface area contributed by atoms with Crippen molar-refractivity contribution in [3.05, 3.63) is 45.8 Å². The Kier molecular flexibility index (Phi) is 5.40. The number of hydrogen-bond acceptors (Lipinski definition) is 5. The second kappa shape index (κ2) is 7.84. The van der Waals surface area contributed by atoms with Crippen LogP contribution in [0, 0.1) is 6.92 Å². The quantitative estimate of drug-likeness (QED) is 0.761. The molecule has 0 radical (unpaired) electrons. The zero-order valence-electron chi connectivity index (χ0n) is 16.7. The van der Waals surface area contributed by atoms with Crippen LogP contribution in [-0.2, 0) is 22.6 Å². The van der Waals surface area contributed by atoms with Crippen molar-refractivity contribution in [3.8, 4) is 0 Å². The van der Waals surface area contributed by atoms with Gasteiger partial charge in [0, 0.05) is 23.4 Å². The molecular formula is C21H23N3O3S2. The van der Waals surface area contributed by atoms with Gasteiger partial charge in [0.15, 0.2) is 0 Å². The standard InChI is InChI=1S/C21H23N3O3S2/c1-12-4-6-14(7-5-12)28-13(2)20(26)24-9-8-15-16(10-24)29-19-18(15)21(27)23(3)11-17(25)22-19/h4-7,13H,8-11H2,1-3H3,(H,22,25). The van der Waals surface area contributed by atoms with Gasteiger partial charge in [-0.2, -0.15) is 0 Å². The second-order valence-corrected chi connectivity index (χ2v) is 10.0. The highest BCUT2D eigenvalue weighted by molar-refractivity contribution is 8.00. The van der Waals surface area contributed by atoms with Crippen LogP contribution < -0.4 is 5.32 Å². The number of anilines is 1. The predicted molar refractivity (Wildman–Crippen MR) is 116 cm³/mol. The average molecular weight is 430 g/mol. The third-order valence-electron chi connectivity index (χ3n) is 5.24. The Labute approximate surface area is 178 Å². The molecule has 1 aromatic carbocycles. The molecule has 29 heavy (non-hydrogen) atoms. The van der Waals surface area contributed by atoms with Gasteiger partial charge in [0.1, 0.15) is 5.00 Å². The number of nitrogens with one attached hydrogen (secondary N) is 1. The van der Waals surface area contributed by atoms with Crippen LogP contribution in [0.15, 0.2) is 29.2 Å². The van der Waals surface area contributed by atoms with Crippen LogP contribution in [0.1, 0.15) is 33.3 Å². The van der Waals surface area contributed by atoms with E-state index in [-0.39, 0.29) is 29.5 Å². The van der Waals surface area contributed by atoms with E-state index in [9.17, 15) is 14.4 Å². The van der Waals surface area contributed by atoms with Crippen molar-refractivity contribution in [1.82, 2.24) is 9.80 Å². The highest BCUT2D eigenvalue weighted by Crippen LogP contribution is 2.39. The molecule has 6 nitrogen and oxygen atoms in total. The summed E-state index contributed by atoms with van der Waals surface area (Å²) in [6.07, 6.45) is 0.629. The number of aryl methyl sites for hydroxylation is 1. The number of fused-ring (bicyclic) bond motifs is 3. The van der Waals surface area contributed by atoms with E-state index in [1.165, 1.54) is 21.8 Å². The van der Waals surface area contributed by atoms with Crippen molar-refractivity contribution in [2.24, 2.45) is 0 Å². The first-order chi connectivity index (χ1) is 13.8. The largest absolute Gasteiger partial charge is 0.336 e. The lowest BCUT2D eigenvalue weighted by atomic mass is 10.0. The number of rotatable bonds is 3. The van der Waals surface area contributed by atoms with Crippen LogP contribution in [0.2, 0.25) is 0 Å². The highest BCUT2D eigenvalue weighted by Gasteiger charge is 2.34. The Hall–Kier alpha value is -2.32. The molecule has 2 aliphatic rings. The molecule has 1 aromatic heterocycles. The minimum absolute atomic E-state index is 0.0629. The van der Waals surface area contributed by atoms with Gasteiger partial charge in [-0.1, -0.05) is 17.7 Å². The van der Waals surface area contributed by atoms with E-state index >= 15 is 0 Å². The van der Waals surface area contributed by atoms with Crippen molar-refractivity contribution < 1.29 is 14.4 Å². The van der Waals surface area contributed by atoms with E-state index < -0.39 is 0 Å². The maximum Gasteiger partial charge on any atom is 0.257 e. The Morgan fingerprint density at radius 3 is 2.66 bits per heavy atom. The summed E-state index contributed by atoms with van der Waals surface area (Å²) in [7, 11) is 1.64. The van der Waals surface area contributed by atoms with Gasteiger partial charge < -0.3 is 15.1 Å². The van der Waals surface area contributed by atoms with Gasteiger partial charge in [-0.3, -0.25) is 14.4 Å². The zero-order valence-corrected chi connectivity index (χ0v) is 18.3. The Balaban J connectivity index is 1.51. The molecule has 8 heteroatoms. The first kappa shape index (κ1) is 20.0. The lowest BCUT2D eigenvalue weighted by Gasteiger charge is -2.29. The lowest BCUT2D eigenvalue weighted by molar-refractivity contribution is -0.131. The van der Waals surface area contributed by atoms with Crippen molar-refractivity contribution in [2.75, 3.05) is 25.5 Å². The van der Waals surface area contributed by atoms with E-state index in [1.54, 1.807) is 18.8 Å². The first-order valence-electron chi connectivity index (χ1n) is 9.55. The van der Waals surface area contributed by atoms with Gasteiger partial charge in [-0.25, -0.2) is 0 Å². The number of thiophene rings is 1. The van der Waals surface area contributed by atoms with Crippen LogP contribution in [0.4, 0.5) is 5.00 Å². The molecular weight excluding hydrogens is 406 g/mol. The summed E-state index contributed by atoms with van der Waals surface area (Å²) in [5.74, 6) is -0.217. The minimum atomic E-state index is -0.190. The Bertz CT molecular complexity index is 984. The van der Waals surface area contributed by atoms with Gasteiger partial charge in [-0.05, 0) is 38.0 Å². The van der Waals surface area contributed by atoms with Gasteiger partial charge in [-0.15, -0.1) is 23.1 Å². The maximum atomic E-state index is 13.0. The fraction of sp³-hybridized carbons (Fsp3) is 0.381. The molecule has 0 aliphatic carbocycles. The lowest BCUT2D eigenvalue weighted by Crippen LogP contribution is -2.40.